The van der Waals surface area contributed by atoms with E-state index >= 15 is 0 Å². The molecule has 8 heteroatoms. The monoisotopic (exact) mass is 591 g/mol. The van der Waals surface area contributed by atoms with Gasteiger partial charge in [-0.1, -0.05) is 79.9 Å². The first-order valence-corrected chi connectivity index (χ1v) is 15.0. The third-order valence-electron chi connectivity index (χ3n) is 7.82. The number of benzene rings is 4. The predicted molar refractivity (Wildman–Crippen MR) is 170 cm³/mol. The lowest BCUT2D eigenvalue weighted by Gasteiger charge is -2.24. The van der Waals surface area contributed by atoms with E-state index in [1.165, 1.54) is 37.7 Å². The normalized spacial score (nSPS) is 13.8. The van der Waals surface area contributed by atoms with Crippen molar-refractivity contribution in [2.75, 3.05) is 11.9 Å². The molecule has 8 nitrogen and oxygen atoms in total. The van der Waals surface area contributed by atoms with Crippen molar-refractivity contribution in [3.63, 3.8) is 0 Å². The summed E-state index contributed by atoms with van der Waals surface area (Å²) >= 11 is 0. The molecule has 1 saturated carbocycles. The summed E-state index contributed by atoms with van der Waals surface area (Å²) in [6.45, 7) is 0.0468. The van der Waals surface area contributed by atoms with Gasteiger partial charge in [0.05, 0.1) is 12.5 Å². The number of para-hydroxylation sites is 1. The summed E-state index contributed by atoms with van der Waals surface area (Å²) in [6.07, 6.45) is 6.06. The fourth-order valence-electron chi connectivity index (χ4n) is 5.53. The number of hydrogen-bond donors (Lipinski definition) is 4. The Morgan fingerprint density at radius 1 is 0.773 bits per heavy atom. The lowest BCUT2D eigenvalue weighted by atomic mass is 9.83. The molecule has 0 aromatic heterocycles. The number of aliphatic carboxylic acids is 1. The summed E-state index contributed by atoms with van der Waals surface area (Å²) in [4.78, 5) is 36.6. The molecule has 1 aliphatic carbocycles. The van der Waals surface area contributed by atoms with Crippen molar-refractivity contribution in [1.82, 2.24) is 10.6 Å². The highest BCUT2D eigenvalue weighted by molar-refractivity contribution is 5.94. The fourth-order valence-corrected chi connectivity index (χ4v) is 5.53. The van der Waals surface area contributed by atoms with Crippen LogP contribution in [0.25, 0.3) is 0 Å². The highest BCUT2D eigenvalue weighted by Crippen LogP contribution is 2.34. The maximum atomic E-state index is 13.3. The van der Waals surface area contributed by atoms with Gasteiger partial charge in [0.1, 0.15) is 11.5 Å². The first-order valence-electron chi connectivity index (χ1n) is 15.0. The Hall–Kier alpha value is -5.11. The maximum absolute atomic E-state index is 13.3. The zero-order chi connectivity index (χ0) is 30.7. The first-order chi connectivity index (χ1) is 21.4. The molecule has 1 fully saturated rings. The van der Waals surface area contributed by atoms with Gasteiger partial charge in [0.25, 0.3) is 5.91 Å². The van der Waals surface area contributed by atoms with Crippen molar-refractivity contribution >= 4 is 23.6 Å². The molecule has 5 rings (SSSR count). The molecule has 0 bridgehead atoms. The molecule has 4 N–H and O–H groups in total. The summed E-state index contributed by atoms with van der Waals surface area (Å²) in [5, 5.41) is 17.5. The number of nitrogens with one attached hydrogen (secondary N) is 3. The third kappa shape index (κ3) is 8.47. The van der Waals surface area contributed by atoms with Gasteiger partial charge in [-0.05, 0) is 71.8 Å². The Kier molecular flexibility index (Phi) is 10.3. The number of hydrogen-bond acceptors (Lipinski definition) is 4. The average Bonchev–Trinajstić information content (AvgIpc) is 3.05. The minimum absolute atomic E-state index is 0.0468. The van der Waals surface area contributed by atoms with Crippen molar-refractivity contribution in [3.05, 3.63) is 125 Å². The molecule has 4 aromatic rings. The van der Waals surface area contributed by atoms with Gasteiger partial charge in [-0.25, -0.2) is 4.79 Å². The molecule has 3 amide bonds. The van der Waals surface area contributed by atoms with Crippen molar-refractivity contribution in [1.29, 1.82) is 0 Å². The molecule has 4 aromatic carbocycles. The van der Waals surface area contributed by atoms with Crippen LogP contribution in [0.5, 0.6) is 11.5 Å². The molecule has 0 heterocycles. The molecule has 0 saturated heterocycles. The van der Waals surface area contributed by atoms with Crippen LogP contribution in [-0.2, 0) is 4.79 Å². The number of rotatable bonds is 11. The largest absolute Gasteiger partial charge is 0.481 e. The predicted octanol–water partition coefficient (Wildman–Crippen LogP) is 7.64. The number of anilines is 1. The number of amides is 3. The number of carboxylic acids is 1. The first kappa shape index (κ1) is 30.4. The lowest BCUT2D eigenvalue weighted by molar-refractivity contribution is -0.136. The van der Waals surface area contributed by atoms with Crippen LogP contribution in [0.1, 0.15) is 77.5 Å². The third-order valence-corrected chi connectivity index (χ3v) is 7.82. The van der Waals surface area contributed by atoms with Gasteiger partial charge in [-0.3, -0.25) is 9.59 Å². The van der Waals surface area contributed by atoms with Crippen LogP contribution in [0, 0.1) is 0 Å². The van der Waals surface area contributed by atoms with Crippen LogP contribution < -0.4 is 20.7 Å². The Balaban J connectivity index is 1.32. The van der Waals surface area contributed by atoms with Gasteiger partial charge in [-0.15, -0.1) is 0 Å². The maximum Gasteiger partial charge on any atom is 0.319 e. The summed E-state index contributed by atoms with van der Waals surface area (Å²) in [5.74, 6) is 0.537. The molecule has 1 atom stereocenters. The molecule has 226 valence electrons. The number of ether oxygens (including phenoxy) is 1. The van der Waals surface area contributed by atoms with E-state index in [0.29, 0.717) is 28.7 Å². The van der Waals surface area contributed by atoms with E-state index in [-0.39, 0.29) is 18.9 Å². The van der Waals surface area contributed by atoms with Crippen LogP contribution in [0.15, 0.2) is 103 Å². The van der Waals surface area contributed by atoms with Gasteiger partial charge >= 0.3 is 12.0 Å². The van der Waals surface area contributed by atoms with Crippen molar-refractivity contribution < 1.29 is 24.2 Å². The molecule has 0 aliphatic heterocycles. The Labute approximate surface area is 257 Å². The Bertz CT molecular complexity index is 1550. The van der Waals surface area contributed by atoms with Gasteiger partial charge in [-0.2, -0.15) is 0 Å². The smallest absolute Gasteiger partial charge is 0.319 e. The second kappa shape index (κ2) is 14.9. The van der Waals surface area contributed by atoms with E-state index in [9.17, 15) is 14.4 Å². The van der Waals surface area contributed by atoms with Crippen molar-refractivity contribution in [2.24, 2.45) is 0 Å². The van der Waals surface area contributed by atoms with E-state index in [2.05, 4.69) is 40.2 Å². The molecule has 0 radical (unpaired) electrons. The van der Waals surface area contributed by atoms with Crippen molar-refractivity contribution in [3.8, 4) is 11.5 Å². The average molecular weight is 592 g/mol. The summed E-state index contributed by atoms with van der Waals surface area (Å²) < 4.78 is 5.91. The van der Waals surface area contributed by atoms with Crippen molar-refractivity contribution in [2.45, 2.75) is 50.5 Å². The van der Waals surface area contributed by atoms with E-state index in [1.807, 2.05) is 42.5 Å². The number of urea groups is 1. The standard InChI is InChI=1S/C36H37N3O5/c40-33(41)22-23-37-35(42)29-20-18-28(19-21-29)34(27-16-14-26(15-17-27)25-8-3-1-4-9-25)39-36(43)38-30-10-7-13-32(24-30)44-31-11-5-2-6-12-31/h2,5-7,10-21,24-25,34H,1,3-4,8-9,22-23H2,(H,37,42)(H,40,41)(H2,38,39,43). The van der Waals surface area contributed by atoms with E-state index in [1.54, 1.807) is 36.4 Å². The van der Waals surface area contributed by atoms with Crippen LogP contribution in [0.3, 0.4) is 0 Å². The zero-order valence-electron chi connectivity index (χ0n) is 24.5. The number of carbonyl (C=O) groups excluding carboxylic acids is 2. The minimum Gasteiger partial charge on any atom is -0.481 e. The number of carboxylic acid groups (broad SMARTS) is 1. The molecular formula is C36H37N3O5. The molecule has 0 spiro atoms. The summed E-state index contributed by atoms with van der Waals surface area (Å²) in [7, 11) is 0. The second-order valence-corrected chi connectivity index (χ2v) is 11.0. The lowest BCUT2D eigenvalue weighted by Crippen LogP contribution is -2.33. The zero-order valence-corrected chi connectivity index (χ0v) is 24.5. The molecule has 44 heavy (non-hydrogen) atoms. The SMILES string of the molecule is O=C(O)CCNC(=O)c1ccc(C(NC(=O)Nc2cccc(Oc3ccccc3)c2)c2ccc(C3CCCCC3)cc2)cc1. The summed E-state index contributed by atoms with van der Waals surface area (Å²) in [6, 6.07) is 31.2. The Morgan fingerprint density at radius 3 is 2.11 bits per heavy atom. The quantitative estimate of drug-likeness (QED) is 0.143. The van der Waals surface area contributed by atoms with Gasteiger partial charge in [0.15, 0.2) is 0 Å². The van der Waals surface area contributed by atoms with E-state index in [4.69, 9.17) is 9.84 Å². The van der Waals surface area contributed by atoms with Gasteiger partial charge < -0.3 is 25.8 Å². The molecule has 1 aliphatic rings. The van der Waals surface area contributed by atoms with Crippen LogP contribution in [0.4, 0.5) is 10.5 Å². The van der Waals surface area contributed by atoms with Crippen LogP contribution in [-0.4, -0.2) is 29.6 Å². The van der Waals surface area contributed by atoms with Crippen LogP contribution in [0.2, 0.25) is 0 Å². The van der Waals surface area contributed by atoms with Gasteiger partial charge in [0.2, 0.25) is 0 Å². The van der Waals surface area contributed by atoms with Gasteiger partial charge in [0, 0.05) is 23.9 Å². The van der Waals surface area contributed by atoms with E-state index < -0.39 is 18.0 Å². The highest BCUT2D eigenvalue weighted by Gasteiger charge is 2.20. The minimum atomic E-state index is -0.974. The number of carbonyl (C=O) groups is 3. The Morgan fingerprint density at radius 2 is 1.43 bits per heavy atom. The topological polar surface area (TPSA) is 117 Å². The molecule has 1 unspecified atom stereocenters. The second-order valence-electron chi connectivity index (χ2n) is 11.0. The fraction of sp³-hybridized carbons (Fsp3) is 0.250. The van der Waals surface area contributed by atoms with E-state index in [0.717, 1.165) is 11.1 Å². The summed E-state index contributed by atoms with van der Waals surface area (Å²) in [5.41, 5.74) is 4.02. The van der Waals surface area contributed by atoms with Crippen LogP contribution >= 0.6 is 0 Å². The highest BCUT2D eigenvalue weighted by atomic mass is 16.5. The molecular weight excluding hydrogens is 554 g/mol.